The monoisotopic (exact) mass is 476 g/mol. The van der Waals surface area contributed by atoms with E-state index in [2.05, 4.69) is 11.1 Å². The molecule has 0 atom stereocenters. The highest BCUT2D eigenvalue weighted by Crippen LogP contribution is 2.35. The molecule has 0 fully saturated rings. The number of methoxy groups -OCH3 is 1. The molecule has 2 amide bonds. The lowest BCUT2D eigenvalue weighted by Crippen LogP contribution is -2.43. The Hall–Kier alpha value is -4.14. The van der Waals surface area contributed by atoms with E-state index in [1.165, 1.54) is 20.2 Å². The Kier molecular flexibility index (Phi) is 5.76. The number of fused-ring (bicyclic) bond motifs is 5. The summed E-state index contributed by atoms with van der Waals surface area (Å²) in [6, 6.07) is 12.9. The molecule has 5 rings (SSSR count). The van der Waals surface area contributed by atoms with Crippen molar-refractivity contribution in [2.45, 2.75) is 19.4 Å². The third kappa shape index (κ3) is 4.14. The van der Waals surface area contributed by atoms with E-state index >= 15 is 0 Å². The van der Waals surface area contributed by atoms with Crippen molar-refractivity contribution in [3.8, 4) is 5.75 Å². The summed E-state index contributed by atoms with van der Waals surface area (Å²) >= 11 is 0. The number of H-pyrrole nitrogens is 1. The van der Waals surface area contributed by atoms with Gasteiger partial charge in [-0.3, -0.25) is 9.78 Å². The van der Waals surface area contributed by atoms with Crippen LogP contribution in [0.25, 0.3) is 21.8 Å². The molecule has 0 unspecified atom stereocenters. The Morgan fingerprint density at radius 1 is 1.26 bits per heavy atom. The topological polar surface area (TPSA) is 98.8 Å². The van der Waals surface area contributed by atoms with E-state index in [0.717, 1.165) is 49.2 Å². The van der Waals surface area contributed by atoms with Crippen LogP contribution in [0.15, 0.2) is 42.5 Å². The zero-order chi connectivity index (χ0) is 24.7. The lowest BCUT2D eigenvalue weighted by atomic mass is 9.96. The standard InChI is InChI=1S/C26H25FN4O4/c1-30(26(33)34)14-23(32)31-10-9-17-21(13-31)28-20(12-15-7-8-22(35-2)18(27)11-15)25-24(17)16-5-3-4-6-19(16)29-25/h3-8,11,29H,9-10,12-14H2,1-2H3,(H,33,34). The molecule has 0 bridgehead atoms. The fraction of sp³-hybridized carbons (Fsp3) is 0.269. The summed E-state index contributed by atoms with van der Waals surface area (Å²) in [6.07, 6.45) is -0.142. The van der Waals surface area contributed by atoms with E-state index in [0.29, 0.717) is 25.9 Å². The lowest BCUT2D eigenvalue weighted by Gasteiger charge is -2.30. The molecule has 0 saturated carbocycles. The van der Waals surface area contributed by atoms with Gasteiger partial charge in [-0.2, -0.15) is 0 Å². The van der Waals surface area contributed by atoms with Gasteiger partial charge in [0.1, 0.15) is 6.54 Å². The Labute approximate surface area is 200 Å². The van der Waals surface area contributed by atoms with E-state index in [1.807, 2.05) is 24.3 Å². The molecule has 8 nitrogen and oxygen atoms in total. The summed E-state index contributed by atoms with van der Waals surface area (Å²) in [5.41, 5.74) is 5.27. The Morgan fingerprint density at radius 2 is 2.06 bits per heavy atom. The van der Waals surface area contributed by atoms with Crippen LogP contribution in [0, 0.1) is 5.82 Å². The molecule has 2 aromatic carbocycles. The van der Waals surface area contributed by atoms with Gasteiger partial charge in [-0.05, 0) is 35.7 Å². The zero-order valence-corrected chi connectivity index (χ0v) is 19.5. The summed E-state index contributed by atoms with van der Waals surface area (Å²) in [6.45, 7) is 0.567. The molecular weight excluding hydrogens is 451 g/mol. The van der Waals surface area contributed by atoms with Crippen molar-refractivity contribution in [3.63, 3.8) is 0 Å². The van der Waals surface area contributed by atoms with Gasteiger partial charge in [0.2, 0.25) is 5.91 Å². The summed E-state index contributed by atoms with van der Waals surface area (Å²) in [7, 11) is 2.80. The number of rotatable bonds is 5. The van der Waals surface area contributed by atoms with Crippen LogP contribution in [-0.4, -0.2) is 64.1 Å². The van der Waals surface area contributed by atoms with E-state index in [9.17, 15) is 14.0 Å². The van der Waals surface area contributed by atoms with Gasteiger partial charge in [0.15, 0.2) is 11.6 Å². The fourth-order valence-electron chi connectivity index (χ4n) is 4.73. The molecule has 0 aliphatic carbocycles. The number of benzene rings is 2. The van der Waals surface area contributed by atoms with E-state index in [1.54, 1.807) is 11.0 Å². The molecule has 1 aliphatic heterocycles. The first-order chi connectivity index (χ1) is 16.9. The number of amides is 2. The average Bonchev–Trinajstić information content (AvgIpc) is 3.24. The van der Waals surface area contributed by atoms with Gasteiger partial charge in [-0.15, -0.1) is 0 Å². The maximum Gasteiger partial charge on any atom is 0.407 e. The van der Waals surface area contributed by atoms with Gasteiger partial charge in [0, 0.05) is 36.3 Å². The first kappa shape index (κ1) is 22.6. The van der Waals surface area contributed by atoms with Crippen molar-refractivity contribution in [2.75, 3.05) is 27.2 Å². The molecule has 0 radical (unpaired) electrons. The number of hydrogen-bond acceptors (Lipinski definition) is 4. The Morgan fingerprint density at radius 3 is 2.80 bits per heavy atom. The average molecular weight is 477 g/mol. The third-order valence-electron chi connectivity index (χ3n) is 6.53. The molecule has 3 heterocycles. The molecule has 35 heavy (non-hydrogen) atoms. The number of para-hydroxylation sites is 1. The number of carboxylic acid groups (broad SMARTS) is 1. The SMILES string of the molecule is COc1ccc(Cc2nc3c(c4c2[nH]c2ccccc24)CCN(C(=O)CN(C)C(=O)O)C3)cc1F. The van der Waals surface area contributed by atoms with Crippen molar-refractivity contribution in [3.05, 3.63) is 70.8 Å². The van der Waals surface area contributed by atoms with Crippen molar-refractivity contribution in [2.24, 2.45) is 0 Å². The number of hydrogen-bond donors (Lipinski definition) is 2. The van der Waals surface area contributed by atoms with Crippen LogP contribution in [-0.2, 0) is 24.2 Å². The maximum atomic E-state index is 14.4. The highest BCUT2D eigenvalue weighted by molar-refractivity contribution is 6.10. The normalized spacial score (nSPS) is 13.2. The molecule has 1 aliphatic rings. The number of aromatic amines is 1. The smallest absolute Gasteiger partial charge is 0.407 e. The second-order valence-electron chi connectivity index (χ2n) is 8.75. The van der Waals surface area contributed by atoms with Crippen LogP contribution in [0.3, 0.4) is 0 Å². The van der Waals surface area contributed by atoms with E-state index in [4.69, 9.17) is 14.8 Å². The summed E-state index contributed by atoms with van der Waals surface area (Å²) in [5.74, 6) is -0.515. The molecule has 0 spiro atoms. The van der Waals surface area contributed by atoms with Crippen LogP contribution in [0.1, 0.15) is 22.5 Å². The quantitative estimate of drug-likeness (QED) is 0.455. The molecule has 0 saturated heterocycles. The number of aromatic nitrogens is 2. The first-order valence-electron chi connectivity index (χ1n) is 11.3. The predicted octanol–water partition coefficient (Wildman–Crippen LogP) is 3.95. The molecule has 2 N–H and O–H groups in total. The minimum absolute atomic E-state index is 0.184. The van der Waals surface area contributed by atoms with Crippen LogP contribution in [0.2, 0.25) is 0 Å². The van der Waals surface area contributed by atoms with E-state index in [-0.39, 0.29) is 18.2 Å². The second kappa shape index (κ2) is 8.90. The Balaban J connectivity index is 1.57. The van der Waals surface area contributed by atoms with Crippen LogP contribution >= 0.6 is 0 Å². The van der Waals surface area contributed by atoms with Crippen molar-refractivity contribution < 1.29 is 23.8 Å². The van der Waals surface area contributed by atoms with Crippen molar-refractivity contribution in [1.82, 2.24) is 19.8 Å². The minimum Gasteiger partial charge on any atom is -0.494 e. The second-order valence-corrected chi connectivity index (χ2v) is 8.75. The van der Waals surface area contributed by atoms with Gasteiger partial charge >= 0.3 is 6.09 Å². The third-order valence-corrected chi connectivity index (χ3v) is 6.53. The number of likely N-dealkylation sites (N-methyl/N-ethyl adjacent to an activating group) is 1. The van der Waals surface area contributed by atoms with Gasteiger partial charge < -0.3 is 24.6 Å². The van der Waals surface area contributed by atoms with Gasteiger partial charge in [0.25, 0.3) is 0 Å². The van der Waals surface area contributed by atoms with Gasteiger partial charge in [0.05, 0.1) is 30.6 Å². The Bertz CT molecular complexity index is 1470. The molecule has 9 heteroatoms. The number of pyridine rings is 1. The first-order valence-corrected chi connectivity index (χ1v) is 11.3. The fourth-order valence-corrected chi connectivity index (χ4v) is 4.73. The number of nitrogens with one attached hydrogen (secondary N) is 1. The largest absolute Gasteiger partial charge is 0.494 e. The summed E-state index contributed by atoms with van der Waals surface area (Å²) in [5, 5.41) is 11.3. The predicted molar refractivity (Wildman–Crippen MR) is 129 cm³/mol. The number of nitrogens with zero attached hydrogens (tertiary/aromatic N) is 3. The molecule has 4 aromatic rings. The van der Waals surface area contributed by atoms with Gasteiger partial charge in [-0.1, -0.05) is 24.3 Å². The molecular formula is C26H25FN4O4. The maximum absolute atomic E-state index is 14.4. The molecule has 180 valence electrons. The number of carbonyl (C=O) groups excluding carboxylic acids is 1. The van der Waals surface area contributed by atoms with Crippen molar-refractivity contribution in [1.29, 1.82) is 0 Å². The summed E-state index contributed by atoms with van der Waals surface area (Å²) < 4.78 is 19.4. The highest BCUT2D eigenvalue weighted by Gasteiger charge is 2.27. The van der Waals surface area contributed by atoms with E-state index < -0.39 is 11.9 Å². The number of carbonyl (C=O) groups is 2. The van der Waals surface area contributed by atoms with Crippen LogP contribution in [0.5, 0.6) is 5.75 Å². The molecule has 2 aromatic heterocycles. The zero-order valence-electron chi connectivity index (χ0n) is 19.5. The number of halogens is 1. The van der Waals surface area contributed by atoms with Gasteiger partial charge in [-0.25, -0.2) is 9.18 Å². The lowest BCUT2D eigenvalue weighted by molar-refractivity contribution is -0.132. The van der Waals surface area contributed by atoms with Crippen LogP contribution in [0.4, 0.5) is 9.18 Å². The van der Waals surface area contributed by atoms with Crippen LogP contribution < -0.4 is 4.74 Å². The number of ether oxygens (including phenoxy) is 1. The van der Waals surface area contributed by atoms with Crippen molar-refractivity contribution >= 4 is 33.8 Å². The minimum atomic E-state index is -1.15. The summed E-state index contributed by atoms with van der Waals surface area (Å²) in [4.78, 5) is 35.0. The highest BCUT2D eigenvalue weighted by atomic mass is 19.1.